The smallest absolute Gasteiger partial charge is 0.326 e. The number of hydrogen-bond donors (Lipinski definition) is 4. The van der Waals surface area contributed by atoms with E-state index in [4.69, 9.17) is 0 Å². The van der Waals surface area contributed by atoms with Crippen molar-refractivity contribution in [2.75, 3.05) is 0 Å². The highest BCUT2D eigenvalue weighted by Crippen LogP contribution is 2.29. The Labute approximate surface area is 156 Å². The van der Waals surface area contributed by atoms with Gasteiger partial charge in [-0.2, -0.15) is 0 Å². The van der Waals surface area contributed by atoms with E-state index >= 15 is 0 Å². The van der Waals surface area contributed by atoms with Gasteiger partial charge in [0.15, 0.2) is 0 Å². The number of nitrogens with zero attached hydrogens (tertiary/aromatic N) is 1. The number of aromatic amines is 1. The maximum Gasteiger partial charge on any atom is 0.326 e. The van der Waals surface area contributed by atoms with Crippen molar-refractivity contribution in [1.29, 1.82) is 0 Å². The van der Waals surface area contributed by atoms with E-state index in [0.717, 1.165) is 22.2 Å². The molecule has 4 N–H and O–H groups in total. The first-order valence-electron chi connectivity index (χ1n) is 9.16. The fourth-order valence-corrected chi connectivity index (χ4v) is 3.79. The molecule has 0 spiro atoms. The van der Waals surface area contributed by atoms with Gasteiger partial charge in [0.25, 0.3) is 0 Å². The molecule has 1 aliphatic heterocycles. The average molecular weight is 365 g/mol. The summed E-state index contributed by atoms with van der Waals surface area (Å²) < 4.78 is 1.71. The summed E-state index contributed by atoms with van der Waals surface area (Å²) in [7, 11) is 0. The van der Waals surface area contributed by atoms with E-state index in [-0.39, 0.29) is 23.5 Å². The second-order valence-electron chi connectivity index (χ2n) is 7.07. The molecule has 3 aromatic rings. The molecule has 0 amide bonds. The zero-order chi connectivity index (χ0) is 19.0. The van der Waals surface area contributed by atoms with Crippen molar-refractivity contribution in [2.24, 2.45) is 0 Å². The largest absolute Gasteiger partial charge is 0.508 e. The van der Waals surface area contributed by atoms with Crippen LogP contribution in [0.5, 0.6) is 5.75 Å². The molecule has 0 saturated carbocycles. The molecule has 140 valence electrons. The van der Waals surface area contributed by atoms with Crippen molar-refractivity contribution in [2.45, 2.75) is 38.1 Å². The summed E-state index contributed by atoms with van der Waals surface area (Å²) in [5.74, 6) is 0.234. The topological polar surface area (TPSA) is 90.3 Å². The van der Waals surface area contributed by atoms with E-state index in [1.165, 1.54) is 0 Å². The number of imidazole rings is 1. The quantitative estimate of drug-likeness (QED) is 0.572. The van der Waals surface area contributed by atoms with Gasteiger partial charge in [-0.05, 0) is 37.1 Å². The number of benzene rings is 2. The van der Waals surface area contributed by atoms with Crippen LogP contribution in [0.4, 0.5) is 0 Å². The first-order valence-corrected chi connectivity index (χ1v) is 9.16. The van der Waals surface area contributed by atoms with E-state index in [1.807, 2.05) is 43.3 Å². The summed E-state index contributed by atoms with van der Waals surface area (Å²) in [6.45, 7) is 2.57. The third-order valence-corrected chi connectivity index (χ3v) is 5.11. The highest BCUT2D eigenvalue weighted by molar-refractivity contribution is 5.79. The Hall–Kier alpha value is -2.83. The molecule has 6 heteroatoms. The van der Waals surface area contributed by atoms with Crippen LogP contribution in [0.1, 0.15) is 30.6 Å². The molecule has 1 aromatic heterocycles. The third kappa shape index (κ3) is 3.41. The number of aliphatic hydroxyl groups excluding tert-OH is 1. The van der Waals surface area contributed by atoms with Crippen LogP contribution in [0, 0.1) is 0 Å². The molecule has 6 nitrogen and oxygen atoms in total. The zero-order valence-corrected chi connectivity index (χ0v) is 15.1. The van der Waals surface area contributed by atoms with Gasteiger partial charge in [-0.3, -0.25) is 4.57 Å². The summed E-state index contributed by atoms with van der Waals surface area (Å²) in [5, 5.41) is 24.0. The Morgan fingerprint density at radius 3 is 2.93 bits per heavy atom. The molecular formula is C21H23N3O3. The van der Waals surface area contributed by atoms with E-state index in [9.17, 15) is 15.0 Å². The number of rotatable bonds is 4. The number of aryl methyl sites for hydroxylation is 1. The van der Waals surface area contributed by atoms with Crippen molar-refractivity contribution >= 4 is 17.1 Å². The number of aromatic hydroxyl groups is 1. The second kappa shape index (κ2) is 7.06. The van der Waals surface area contributed by atoms with Crippen LogP contribution in [0.25, 0.3) is 17.1 Å². The van der Waals surface area contributed by atoms with Crippen LogP contribution in [-0.2, 0) is 6.54 Å². The van der Waals surface area contributed by atoms with Crippen LogP contribution in [0.2, 0.25) is 0 Å². The molecule has 2 heterocycles. The van der Waals surface area contributed by atoms with Crippen molar-refractivity contribution in [3.05, 3.63) is 70.2 Å². The van der Waals surface area contributed by atoms with Crippen LogP contribution in [-0.4, -0.2) is 31.8 Å². The molecule has 27 heavy (non-hydrogen) atoms. The SMILES string of the molecule is CC(C=Cc1cccc(O)c1)NC1CCn2c(=O)[nH]c3cccc(c32)C1O. The fourth-order valence-electron chi connectivity index (χ4n) is 3.79. The monoisotopic (exact) mass is 365 g/mol. The van der Waals surface area contributed by atoms with Crippen molar-refractivity contribution < 1.29 is 10.2 Å². The Bertz CT molecular complexity index is 1050. The van der Waals surface area contributed by atoms with Gasteiger partial charge < -0.3 is 20.5 Å². The molecule has 2 aromatic carbocycles. The molecule has 0 bridgehead atoms. The molecule has 1 aliphatic rings. The lowest BCUT2D eigenvalue weighted by molar-refractivity contribution is 0.122. The van der Waals surface area contributed by atoms with Crippen molar-refractivity contribution in [3.8, 4) is 5.75 Å². The van der Waals surface area contributed by atoms with Gasteiger partial charge in [0.05, 0.1) is 17.1 Å². The van der Waals surface area contributed by atoms with E-state index in [0.29, 0.717) is 13.0 Å². The summed E-state index contributed by atoms with van der Waals surface area (Å²) in [4.78, 5) is 15.1. The van der Waals surface area contributed by atoms with Gasteiger partial charge in [0.2, 0.25) is 0 Å². The zero-order valence-electron chi connectivity index (χ0n) is 15.1. The Kier molecular flexibility index (Phi) is 4.59. The number of phenols is 1. The molecule has 3 unspecified atom stereocenters. The predicted molar refractivity (Wildman–Crippen MR) is 106 cm³/mol. The lowest BCUT2D eigenvalue weighted by Gasteiger charge is -2.25. The normalized spacial score (nSPS) is 20.8. The summed E-state index contributed by atoms with van der Waals surface area (Å²) in [5.41, 5.74) is 3.10. The number of phenolic OH excluding ortho intramolecular Hbond substituents is 1. The lowest BCUT2D eigenvalue weighted by atomic mass is 9.99. The lowest BCUT2D eigenvalue weighted by Crippen LogP contribution is -2.40. The van der Waals surface area contributed by atoms with Crippen LogP contribution < -0.4 is 11.0 Å². The summed E-state index contributed by atoms with van der Waals surface area (Å²) in [6, 6.07) is 12.5. The number of hydrogen-bond acceptors (Lipinski definition) is 4. The highest BCUT2D eigenvalue weighted by atomic mass is 16.3. The van der Waals surface area contributed by atoms with Gasteiger partial charge in [-0.15, -0.1) is 0 Å². The second-order valence-corrected chi connectivity index (χ2v) is 7.07. The number of nitrogens with one attached hydrogen (secondary N) is 2. The molecule has 0 aliphatic carbocycles. The van der Waals surface area contributed by atoms with E-state index < -0.39 is 6.10 Å². The maximum absolute atomic E-state index is 12.2. The van der Waals surface area contributed by atoms with Gasteiger partial charge in [-0.1, -0.05) is 36.4 Å². The fraction of sp³-hybridized carbons (Fsp3) is 0.286. The Morgan fingerprint density at radius 1 is 1.30 bits per heavy atom. The molecule has 0 radical (unpaired) electrons. The molecule has 4 rings (SSSR count). The van der Waals surface area contributed by atoms with Crippen LogP contribution in [0.15, 0.2) is 53.3 Å². The summed E-state index contributed by atoms with van der Waals surface area (Å²) in [6.07, 6.45) is 3.89. The van der Waals surface area contributed by atoms with E-state index in [2.05, 4.69) is 10.3 Å². The molecular weight excluding hydrogens is 342 g/mol. The van der Waals surface area contributed by atoms with Crippen LogP contribution >= 0.6 is 0 Å². The van der Waals surface area contributed by atoms with Gasteiger partial charge in [-0.25, -0.2) is 4.79 Å². The summed E-state index contributed by atoms with van der Waals surface area (Å²) >= 11 is 0. The van der Waals surface area contributed by atoms with Gasteiger partial charge >= 0.3 is 5.69 Å². The maximum atomic E-state index is 12.2. The van der Waals surface area contributed by atoms with Crippen molar-refractivity contribution in [3.63, 3.8) is 0 Å². The van der Waals surface area contributed by atoms with Gasteiger partial charge in [0.1, 0.15) is 5.75 Å². The minimum atomic E-state index is -0.700. The Balaban J connectivity index is 1.54. The molecule has 0 fully saturated rings. The minimum absolute atomic E-state index is 0.0157. The molecule has 3 atom stereocenters. The Morgan fingerprint density at radius 2 is 2.11 bits per heavy atom. The minimum Gasteiger partial charge on any atom is -0.508 e. The third-order valence-electron chi connectivity index (χ3n) is 5.11. The number of para-hydroxylation sites is 1. The van der Waals surface area contributed by atoms with E-state index in [1.54, 1.807) is 22.8 Å². The number of aromatic nitrogens is 2. The van der Waals surface area contributed by atoms with Gasteiger partial charge in [0, 0.05) is 24.2 Å². The first kappa shape index (κ1) is 17.6. The van der Waals surface area contributed by atoms with Crippen molar-refractivity contribution in [1.82, 2.24) is 14.9 Å². The highest BCUT2D eigenvalue weighted by Gasteiger charge is 2.28. The average Bonchev–Trinajstić information content (AvgIpc) is 2.90. The first-order chi connectivity index (χ1) is 13.0. The predicted octanol–water partition coefficient (Wildman–Crippen LogP) is 2.53. The number of aliphatic hydroxyl groups is 1. The molecule has 0 saturated heterocycles. The number of H-pyrrole nitrogens is 1. The standard InChI is InChI=1S/C21H23N3O3/c1-13(8-9-14-4-2-5-15(25)12-14)22-18-10-11-24-19-16(20(18)26)6-3-7-17(19)23-21(24)27/h2-9,12-13,18,20,22,25-26H,10-11H2,1H3,(H,23,27). The van der Waals surface area contributed by atoms with Crippen LogP contribution in [0.3, 0.4) is 0 Å².